The highest BCUT2D eigenvalue weighted by molar-refractivity contribution is 7.19. The number of rotatable bonds is 6. The number of aromatic nitrogens is 7. The van der Waals surface area contributed by atoms with Crippen LogP contribution in [-0.2, 0) is 13.5 Å². The molecule has 0 fully saturated rings. The highest BCUT2D eigenvalue weighted by Crippen LogP contribution is 2.31. The predicted octanol–water partition coefficient (Wildman–Crippen LogP) is 2.65. The van der Waals surface area contributed by atoms with Crippen LogP contribution in [-0.4, -0.2) is 47.5 Å². The number of hydrogen-bond acceptors (Lipinski definition) is 8. The zero-order valence-corrected chi connectivity index (χ0v) is 17.8. The van der Waals surface area contributed by atoms with Crippen molar-refractivity contribution < 1.29 is 9.53 Å². The van der Waals surface area contributed by atoms with Gasteiger partial charge in [0.2, 0.25) is 5.88 Å². The fourth-order valence-electron chi connectivity index (χ4n) is 3.04. The summed E-state index contributed by atoms with van der Waals surface area (Å²) < 4.78 is 8.56. The van der Waals surface area contributed by atoms with Gasteiger partial charge in [-0.2, -0.15) is 5.10 Å². The second kappa shape index (κ2) is 8.03. The quantitative estimate of drug-likeness (QED) is 0.506. The van der Waals surface area contributed by atoms with Gasteiger partial charge >= 0.3 is 0 Å². The molecule has 0 bridgehead atoms. The van der Waals surface area contributed by atoms with E-state index < -0.39 is 0 Å². The molecule has 0 saturated heterocycles. The number of imidazole rings is 1. The zero-order chi connectivity index (χ0) is 21.3. The van der Waals surface area contributed by atoms with E-state index in [4.69, 9.17) is 4.74 Å². The fourth-order valence-corrected chi connectivity index (χ4v) is 4.04. The number of hydrogen-bond donors (Lipinski definition) is 1. The van der Waals surface area contributed by atoms with Crippen LogP contribution >= 0.6 is 11.3 Å². The smallest absolute Gasteiger partial charge is 0.260 e. The molecule has 10 nitrogen and oxygen atoms in total. The van der Waals surface area contributed by atoms with Gasteiger partial charge in [0.1, 0.15) is 0 Å². The Balaban J connectivity index is 1.60. The molecule has 0 aliphatic carbocycles. The summed E-state index contributed by atoms with van der Waals surface area (Å²) in [6.07, 6.45) is 5.72. The molecule has 11 heteroatoms. The molecule has 0 aliphatic rings. The van der Waals surface area contributed by atoms with Crippen molar-refractivity contribution >= 4 is 22.4 Å². The van der Waals surface area contributed by atoms with Crippen LogP contribution in [0.2, 0.25) is 0 Å². The average molecular weight is 424 g/mol. The summed E-state index contributed by atoms with van der Waals surface area (Å²) >= 11 is 1.39. The minimum absolute atomic E-state index is 0.278. The maximum absolute atomic E-state index is 12.9. The molecule has 4 aromatic heterocycles. The van der Waals surface area contributed by atoms with Crippen molar-refractivity contribution in [1.82, 2.24) is 34.5 Å². The van der Waals surface area contributed by atoms with Gasteiger partial charge in [0, 0.05) is 25.5 Å². The number of aryl methyl sites for hydroxylation is 2. The minimum Gasteiger partial charge on any atom is -0.480 e. The van der Waals surface area contributed by atoms with Gasteiger partial charge in [-0.3, -0.25) is 10.1 Å². The van der Waals surface area contributed by atoms with E-state index in [1.807, 2.05) is 31.7 Å². The van der Waals surface area contributed by atoms with Gasteiger partial charge in [-0.15, -0.1) is 10.2 Å². The summed E-state index contributed by atoms with van der Waals surface area (Å²) in [7, 11) is 3.45. The maximum atomic E-state index is 12.9. The van der Waals surface area contributed by atoms with E-state index in [2.05, 4.69) is 30.6 Å². The number of ether oxygens (including phenoxy) is 1. The third-order valence-electron chi connectivity index (χ3n) is 4.54. The molecule has 1 N–H and O–H groups in total. The zero-order valence-electron chi connectivity index (χ0n) is 16.9. The molecule has 0 atom stereocenters. The number of amides is 1. The molecule has 0 radical (unpaired) electrons. The van der Waals surface area contributed by atoms with E-state index in [-0.39, 0.29) is 5.91 Å². The molecule has 4 rings (SSSR count). The van der Waals surface area contributed by atoms with E-state index in [1.165, 1.54) is 24.6 Å². The summed E-state index contributed by atoms with van der Waals surface area (Å²) in [5.41, 5.74) is 2.00. The Hall–Kier alpha value is -3.60. The second-order valence-corrected chi connectivity index (χ2v) is 7.45. The van der Waals surface area contributed by atoms with Gasteiger partial charge in [0.25, 0.3) is 5.91 Å². The van der Waals surface area contributed by atoms with E-state index in [0.717, 1.165) is 22.1 Å². The molecular weight excluding hydrogens is 404 g/mol. The lowest BCUT2D eigenvalue weighted by Gasteiger charge is -2.07. The molecule has 154 valence electrons. The topological polar surface area (TPSA) is 113 Å². The molecule has 0 saturated carbocycles. The lowest BCUT2D eigenvalue weighted by Crippen LogP contribution is -2.14. The first-order chi connectivity index (χ1) is 14.5. The second-order valence-electron chi connectivity index (χ2n) is 6.45. The summed E-state index contributed by atoms with van der Waals surface area (Å²) in [4.78, 5) is 22.7. The molecule has 4 heterocycles. The summed E-state index contributed by atoms with van der Waals surface area (Å²) in [5.74, 6) is 1.45. The van der Waals surface area contributed by atoms with Crippen LogP contribution in [0, 0.1) is 6.92 Å². The molecule has 1 amide bonds. The van der Waals surface area contributed by atoms with Gasteiger partial charge in [0.05, 0.1) is 35.1 Å². The predicted molar refractivity (Wildman–Crippen MR) is 112 cm³/mol. The Morgan fingerprint density at radius 2 is 2.13 bits per heavy atom. The summed E-state index contributed by atoms with van der Waals surface area (Å²) in [6, 6.07) is 3.43. The van der Waals surface area contributed by atoms with Crippen molar-refractivity contribution in [3.05, 3.63) is 47.7 Å². The Kier molecular flexibility index (Phi) is 5.27. The first kappa shape index (κ1) is 19.7. The Morgan fingerprint density at radius 3 is 2.77 bits per heavy atom. The number of nitrogens with zero attached hydrogens (tertiary/aromatic N) is 7. The number of thiazole rings is 1. The molecular formula is C19H20N8O2S. The lowest BCUT2D eigenvalue weighted by atomic mass is 10.2. The fraction of sp³-hybridized carbons (Fsp3) is 0.263. The molecule has 0 aliphatic heterocycles. The van der Waals surface area contributed by atoms with E-state index in [9.17, 15) is 4.79 Å². The minimum atomic E-state index is -0.278. The van der Waals surface area contributed by atoms with Crippen LogP contribution in [0.15, 0.2) is 30.7 Å². The van der Waals surface area contributed by atoms with Crippen LogP contribution in [0.1, 0.15) is 28.7 Å². The van der Waals surface area contributed by atoms with Gasteiger partial charge < -0.3 is 9.30 Å². The first-order valence-corrected chi connectivity index (χ1v) is 10.0. The van der Waals surface area contributed by atoms with Crippen molar-refractivity contribution in [3.63, 3.8) is 0 Å². The van der Waals surface area contributed by atoms with Gasteiger partial charge in [-0.25, -0.2) is 14.6 Å². The largest absolute Gasteiger partial charge is 0.480 e. The highest BCUT2D eigenvalue weighted by Gasteiger charge is 2.21. The third kappa shape index (κ3) is 3.54. The average Bonchev–Trinajstić information content (AvgIpc) is 3.45. The summed E-state index contributed by atoms with van der Waals surface area (Å²) in [6.45, 7) is 3.85. The standard InChI is InChI=1S/C19H20N8O2S/c1-5-13-12(10-21-27(13)14-6-7-15(29-4)25-24-14)18(28)23-19-22-11(2)16(30-19)17-20-8-9-26(17)3/h6-10H,5H2,1-4H3,(H,22,23,28). The third-order valence-corrected chi connectivity index (χ3v) is 5.61. The van der Waals surface area contributed by atoms with Crippen LogP contribution in [0.3, 0.4) is 0 Å². The van der Waals surface area contributed by atoms with Crippen molar-refractivity contribution in [2.24, 2.45) is 7.05 Å². The lowest BCUT2D eigenvalue weighted by molar-refractivity contribution is 0.102. The van der Waals surface area contributed by atoms with Gasteiger partial charge in [-0.05, 0) is 19.4 Å². The van der Waals surface area contributed by atoms with Crippen LogP contribution in [0.4, 0.5) is 5.13 Å². The Labute approximate surface area is 176 Å². The number of anilines is 1. The molecule has 4 aromatic rings. The van der Waals surface area contributed by atoms with E-state index in [0.29, 0.717) is 28.8 Å². The van der Waals surface area contributed by atoms with Crippen molar-refractivity contribution in [2.45, 2.75) is 20.3 Å². The molecule has 0 aromatic carbocycles. The van der Waals surface area contributed by atoms with Crippen molar-refractivity contribution in [2.75, 3.05) is 12.4 Å². The number of methoxy groups -OCH3 is 1. The van der Waals surface area contributed by atoms with Crippen LogP contribution < -0.4 is 10.1 Å². The SMILES string of the molecule is CCc1c(C(=O)Nc2nc(C)c(-c3nccn3C)s2)cnn1-c1ccc(OC)nn1. The van der Waals surface area contributed by atoms with Gasteiger partial charge in [-0.1, -0.05) is 18.3 Å². The van der Waals surface area contributed by atoms with Crippen molar-refractivity contribution in [3.8, 4) is 22.4 Å². The van der Waals surface area contributed by atoms with Gasteiger partial charge in [0.15, 0.2) is 16.8 Å². The number of carbonyl (C=O) groups is 1. The van der Waals surface area contributed by atoms with Crippen LogP contribution in [0.25, 0.3) is 16.5 Å². The maximum Gasteiger partial charge on any atom is 0.260 e. The first-order valence-electron chi connectivity index (χ1n) is 9.23. The summed E-state index contributed by atoms with van der Waals surface area (Å²) in [5, 5.41) is 15.8. The monoisotopic (exact) mass is 424 g/mol. The Bertz CT molecular complexity index is 1190. The number of nitrogens with one attached hydrogen (secondary N) is 1. The normalized spacial score (nSPS) is 10.9. The van der Waals surface area contributed by atoms with E-state index in [1.54, 1.807) is 23.0 Å². The highest BCUT2D eigenvalue weighted by atomic mass is 32.1. The Morgan fingerprint density at radius 1 is 1.30 bits per heavy atom. The van der Waals surface area contributed by atoms with Crippen LogP contribution in [0.5, 0.6) is 5.88 Å². The number of carbonyl (C=O) groups excluding carboxylic acids is 1. The molecule has 0 spiro atoms. The molecule has 30 heavy (non-hydrogen) atoms. The van der Waals surface area contributed by atoms with E-state index >= 15 is 0 Å². The van der Waals surface area contributed by atoms with Crippen molar-refractivity contribution in [1.29, 1.82) is 0 Å². The molecule has 0 unspecified atom stereocenters.